The van der Waals surface area contributed by atoms with Gasteiger partial charge in [-0.25, -0.2) is 14.8 Å². The number of amides is 1. The lowest BCUT2D eigenvalue weighted by Gasteiger charge is -2.29. The van der Waals surface area contributed by atoms with E-state index in [4.69, 9.17) is 4.74 Å². The standard InChI is InChI=1S/C28H41N5O3/c1-19-15-22(18-32-27(35)36-28(3,4)5)16-20(2)23(19)7-8-24(34)25-26(30-12-11-29-25)31-17-21-9-13-33(6)14-10-21/h11-12,15-16,21H,7-10,13-14,17-18H2,1-6H3,(H,30,31)(H,32,35). The summed E-state index contributed by atoms with van der Waals surface area (Å²) in [6, 6.07) is 4.11. The van der Waals surface area contributed by atoms with Crippen molar-refractivity contribution in [3.63, 3.8) is 0 Å². The first-order valence-corrected chi connectivity index (χ1v) is 12.8. The number of aromatic nitrogens is 2. The molecule has 1 aliphatic rings. The Morgan fingerprint density at radius 1 is 1.08 bits per heavy atom. The summed E-state index contributed by atoms with van der Waals surface area (Å²) >= 11 is 0. The average molecular weight is 496 g/mol. The SMILES string of the molecule is Cc1cc(CNC(=O)OC(C)(C)C)cc(C)c1CCC(=O)c1nccnc1NCC1CCN(C)CC1. The lowest BCUT2D eigenvalue weighted by Crippen LogP contribution is -2.33. The van der Waals surface area contributed by atoms with E-state index in [9.17, 15) is 9.59 Å². The predicted molar refractivity (Wildman–Crippen MR) is 142 cm³/mol. The van der Waals surface area contributed by atoms with Crippen molar-refractivity contribution in [2.45, 2.75) is 72.4 Å². The molecule has 196 valence electrons. The Bertz CT molecular complexity index is 1030. The van der Waals surface area contributed by atoms with Crippen LogP contribution in [0.15, 0.2) is 24.5 Å². The fourth-order valence-electron chi connectivity index (χ4n) is 4.60. The Balaban J connectivity index is 1.57. The van der Waals surface area contributed by atoms with Crippen LogP contribution in [0, 0.1) is 19.8 Å². The van der Waals surface area contributed by atoms with Gasteiger partial charge in [-0.2, -0.15) is 0 Å². The van der Waals surface area contributed by atoms with Crippen LogP contribution in [0.2, 0.25) is 0 Å². The molecule has 2 aromatic rings. The Hall–Kier alpha value is -3.00. The summed E-state index contributed by atoms with van der Waals surface area (Å²) in [5.41, 5.74) is 4.23. The zero-order valence-corrected chi connectivity index (χ0v) is 22.6. The maximum atomic E-state index is 13.1. The first-order valence-electron chi connectivity index (χ1n) is 12.8. The van der Waals surface area contributed by atoms with Crippen LogP contribution < -0.4 is 10.6 Å². The van der Waals surface area contributed by atoms with Crippen molar-refractivity contribution in [1.29, 1.82) is 0 Å². The number of hydrogen-bond acceptors (Lipinski definition) is 7. The molecule has 3 rings (SSSR count). The van der Waals surface area contributed by atoms with Gasteiger partial charge in [-0.15, -0.1) is 0 Å². The molecule has 0 atom stereocenters. The van der Waals surface area contributed by atoms with E-state index in [0.29, 0.717) is 36.8 Å². The van der Waals surface area contributed by atoms with Crippen molar-refractivity contribution in [3.8, 4) is 0 Å². The molecule has 1 saturated heterocycles. The molecule has 8 nitrogen and oxygen atoms in total. The number of likely N-dealkylation sites (tertiary alicyclic amines) is 1. The van der Waals surface area contributed by atoms with Gasteiger partial charge in [0.2, 0.25) is 0 Å². The van der Waals surface area contributed by atoms with Gasteiger partial charge in [-0.05, 0) is 102 Å². The fraction of sp³-hybridized carbons (Fsp3) is 0.571. The highest BCUT2D eigenvalue weighted by Crippen LogP contribution is 2.22. The lowest BCUT2D eigenvalue weighted by molar-refractivity contribution is 0.0523. The van der Waals surface area contributed by atoms with E-state index in [2.05, 4.69) is 44.7 Å². The molecule has 1 fully saturated rings. The van der Waals surface area contributed by atoms with E-state index in [1.165, 1.54) is 0 Å². The molecule has 2 N–H and O–H groups in total. The van der Waals surface area contributed by atoms with Crippen LogP contribution in [0.1, 0.15) is 72.8 Å². The summed E-state index contributed by atoms with van der Waals surface area (Å²) in [5.74, 6) is 1.15. The number of ketones is 1. The number of rotatable bonds is 9. The Morgan fingerprint density at radius 2 is 1.72 bits per heavy atom. The van der Waals surface area contributed by atoms with Crippen molar-refractivity contribution >= 4 is 17.7 Å². The molecule has 0 spiro atoms. The highest BCUT2D eigenvalue weighted by Gasteiger charge is 2.20. The summed E-state index contributed by atoms with van der Waals surface area (Å²) in [5, 5.41) is 6.19. The summed E-state index contributed by atoms with van der Waals surface area (Å²) in [6.45, 7) is 13.0. The van der Waals surface area contributed by atoms with Gasteiger partial charge in [0.25, 0.3) is 0 Å². The lowest BCUT2D eigenvalue weighted by atomic mass is 9.94. The van der Waals surface area contributed by atoms with E-state index in [1.54, 1.807) is 12.4 Å². The Labute approximate surface area is 215 Å². The van der Waals surface area contributed by atoms with Gasteiger partial charge < -0.3 is 20.3 Å². The first-order chi connectivity index (χ1) is 17.0. The summed E-state index contributed by atoms with van der Waals surface area (Å²) in [6.07, 6.45) is 6.06. The molecule has 2 heterocycles. The van der Waals surface area contributed by atoms with Crippen molar-refractivity contribution in [3.05, 3.63) is 52.5 Å². The van der Waals surface area contributed by atoms with E-state index >= 15 is 0 Å². The third-order valence-corrected chi connectivity index (χ3v) is 6.55. The zero-order chi connectivity index (χ0) is 26.3. The van der Waals surface area contributed by atoms with Crippen LogP contribution >= 0.6 is 0 Å². The largest absolute Gasteiger partial charge is 0.444 e. The maximum Gasteiger partial charge on any atom is 0.407 e. The molecule has 1 amide bonds. The second-order valence-corrected chi connectivity index (χ2v) is 10.9. The Morgan fingerprint density at radius 3 is 2.36 bits per heavy atom. The number of Topliss-reactive ketones (excluding diaryl/α,β-unsaturated/α-hetero) is 1. The van der Waals surface area contributed by atoms with Crippen molar-refractivity contribution in [2.24, 2.45) is 5.92 Å². The van der Waals surface area contributed by atoms with Crippen molar-refractivity contribution < 1.29 is 14.3 Å². The topological polar surface area (TPSA) is 96.4 Å². The molecular formula is C28H41N5O3. The van der Waals surface area contributed by atoms with E-state index in [-0.39, 0.29) is 5.78 Å². The predicted octanol–water partition coefficient (Wildman–Crippen LogP) is 4.69. The number of nitrogens with zero attached hydrogens (tertiary/aromatic N) is 3. The number of hydrogen-bond donors (Lipinski definition) is 2. The minimum Gasteiger partial charge on any atom is -0.444 e. The van der Waals surface area contributed by atoms with Gasteiger partial charge in [0.15, 0.2) is 11.6 Å². The molecule has 0 saturated carbocycles. The molecule has 0 bridgehead atoms. The van der Waals surface area contributed by atoms with Gasteiger partial charge in [0, 0.05) is 31.9 Å². The van der Waals surface area contributed by atoms with Gasteiger partial charge in [-0.3, -0.25) is 4.79 Å². The number of anilines is 1. The number of carbonyl (C=O) groups is 2. The quantitative estimate of drug-likeness (QED) is 0.487. The van der Waals surface area contributed by atoms with Crippen LogP contribution in [0.4, 0.5) is 10.6 Å². The number of alkyl carbamates (subject to hydrolysis) is 1. The normalized spacial score (nSPS) is 14.9. The highest BCUT2D eigenvalue weighted by atomic mass is 16.6. The van der Waals surface area contributed by atoms with Crippen molar-refractivity contribution in [2.75, 3.05) is 32.0 Å². The smallest absolute Gasteiger partial charge is 0.407 e. The molecular weight excluding hydrogens is 454 g/mol. The van der Waals surface area contributed by atoms with Gasteiger partial charge in [0.1, 0.15) is 11.3 Å². The van der Waals surface area contributed by atoms with E-state index in [0.717, 1.165) is 54.7 Å². The van der Waals surface area contributed by atoms with Crippen LogP contribution in [0.3, 0.4) is 0 Å². The van der Waals surface area contributed by atoms with Gasteiger partial charge in [0.05, 0.1) is 0 Å². The van der Waals surface area contributed by atoms with Crippen molar-refractivity contribution in [1.82, 2.24) is 20.2 Å². The second-order valence-electron chi connectivity index (χ2n) is 10.9. The molecule has 0 radical (unpaired) electrons. The third-order valence-electron chi connectivity index (χ3n) is 6.55. The van der Waals surface area contributed by atoms with Crippen LogP contribution in [0.5, 0.6) is 0 Å². The fourth-order valence-corrected chi connectivity index (χ4v) is 4.60. The number of ether oxygens (including phenoxy) is 1. The minimum atomic E-state index is -0.530. The number of piperidine rings is 1. The van der Waals surface area contributed by atoms with Crippen LogP contribution in [-0.2, 0) is 17.7 Å². The molecule has 0 aliphatic carbocycles. The molecule has 0 unspecified atom stereocenters. The van der Waals surface area contributed by atoms with E-state index in [1.807, 2.05) is 34.6 Å². The number of aryl methyl sites for hydroxylation is 2. The van der Waals surface area contributed by atoms with Gasteiger partial charge >= 0.3 is 6.09 Å². The maximum absolute atomic E-state index is 13.1. The third kappa shape index (κ3) is 8.29. The molecule has 1 aromatic carbocycles. The van der Waals surface area contributed by atoms with Crippen LogP contribution in [-0.4, -0.2) is 59.0 Å². The summed E-state index contributed by atoms with van der Waals surface area (Å²) in [4.78, 5) is 36.2. The molecule has 1 aliphatic heterocycles. The average Bonchev–Trinajstić information content (AvgIpc) is 2.81. The highest BCUT2D eigenvalue weighted by molar-refractivity contribution is 5.98. The monoisotopic (exact) mass is 495 g/mol. The summed E-state index contributed by atoms with van der Waals surface area (Å²) in [7, 11) is 2.15. The number of benzene rings is 1. The molecule has 8 heteroatoms. The molecule has 36 heavy (non-hydrogen) atoms. The zero-order valence-electron chi connectivity index (χ0n) is 22.6. The minimum absolute atomic E-state index is 0.0107. The van der Waals surface area contributed by atoms with Crippen LogP contribution in [0.25, 0.3) is 0 Å². The Kier molecular flexibility index (Phi) is 9.43. The summed E-state index contributed by atoms with van der Waals surface area (Å²) < 4.78 is 5.31. The second kappa shape index (κ2) is 12.3. The number of nitrogens with one attached hydrogen (secondary N) is 2. The van der Waals surface area contributed by atoms with E-state index < -0.39 is 11.7 Å². The van der Waals surface area contributed by atoms with Gasteiger partial charge in [-0.1, -0.05) is 12.1 Å². The number of carbonyl (C=O) groups excluding carboxylic acids is 2. The molecule has 1 aromatic heterocycles. The first kappa shape index (κ1) is 27.6.